The van der Waals surface area contributed by atoms with Crippen LogP contribution in [0.4, 0.5) is 0 Å². The first kappa shape index (κ1) is 28.1. The van der Waals surface area contributed by atoms with Gasteiger partial charge in [0.15, 0.2) is 0 Å². The van der Waals surface area contributed by atoms with Crippen molar-refractivity contribution in [1.82, 2.24) is 0 Å². The molecule has 0 aromatic heterocycles. The van der Waals surface area contributed by atoms with E-state index in [0.29, 0.717) is 17.9 Å². The van der Waals surface area contributed by atoms with E-state index in [0.717, 1.165) is 44.5 Å². The van der Waals surface area contributed by atoms with Gasteiger partial charge in [-0.25, -0.2) is 0 Å². The number of benzene rings is 5. The minimum Gasteiger partial charge on any atom is -0.508 e. The summed E-state index contributed by atoms with van der Waals surface area (Å²) in [6.45, 7) is 5.56. The molecule has 0 fully saturated rings. The number of aromatic hydroxyl groups is 5. The van der Waals surface area contributed by atoms with Crippen LogP contribution in [0.25, 0.3) is 0 Å². The molecule has 0 amide bonds. The smallest absolute Gasteiger partial charge is 0.119 e. The highest BCUT2D eigenvalue weighted by molar-refractivity contribution is 5.52. The fraction of sp³-hybridized carbons (Fsp3) is 0.143. The molecule has 5 rings (SSSR count). The fourth-order valence-electron chi connectivity index (χ4n) is 4.71. The van der Waals surface area contributed by atoms with Crippen molar-refractivity contribution in [3.8, 4) is 28.7 Å². The lowest BCUT2D eigenvalue weighted by molar-refractivity contribution is 0.466. The highest BCUT2D eigenvalue weighted by Gasteiger charge is 2.21. The van der Waals surface area contributed by atoms with Crippen LogP contribution in [0.1, 0.15) is 50.4 Å². The number of aryl methyl sites for hydroxylation is 3. The van der Waals surface area contributed by atoms with E-state index < -0.39 is 0 Å². The molecule has 0 aliphatic heterocycles. The summed E-state index contributed by atoms with van der Waals surface area (Å²) >= 11 is 0. The predicted molar refractivity (Wildman–Crippen MR) is 158 cm³/mol. The normalized spacial score (nSPS) is 10.7. The van der Waals surface area contributed by atoms with Gasteiger partial charge in [0.25, 0.3) is 0 Å². The van der Waals surface area contributed by atoms with Crippen LogP contribution in [0.15, 0.2) is 103 Å². The predicted octanol–water partition coefficient (Wildman–Crippen LogP) is 7.60. The molecule has 0 unspecified atom stereocenters. The van der Waals surface area contributed by atoms with Crippen molar-refractivity contribution in [2.45, 2.75) is 33.1 Å². The van der Waals surface area contributed by atoms with Gasteiger partial charge in [-0.1, -0.05) is 72.8 Å². The lowest BCUT2D eigenvalue weighted by Crippen LogP contribution is -2.04. The second kappa shape index (κ2) is 12.3. The lowest BCUT2D eigenvalue weighted by atomic mass is 9.83. The maximum absolute atomic E-state index is 10.4. The Labute approximate surface area is 234 Å². The zero-order valence-corrected chi connectivity index (χ0v) is 22.8. The number of phenolic OH excluding ortho intramolecular Hbond substituents is 5. The van der Waals surface area contributed by atoms with Gasteiger partial charge in [0.2, 0.25) is 0 Å². The minimum atomic E-state index is -0.190. The third-order valence-electron chi connectivity index (χ3n) is 7.00. The summed E-state index contributed by atoms with van der Waals surface area (Å²) in [6, 6.07) is 30.9. The standard InChI is InChI=1S/C21H20O3.C14H14O2/c1-13-11-15(7-9-18(13)22)21(17-5-3-4-6-20(17)24)16-8-10-19(23)14(2)12-16;1-10-8-11(6-7-13(10)15)9-12-4-2-3-5-14(12)16/h3-12,21-24H,1-2H3;2-8,15-16H,9H2,1H3. The van der Waals surface area contributed by atoms with Gasteiger partial charge in [0.05, 0.1) is 0 Å². The summed E-state index contributed by atoms with van der Waals surface area (Å²) < 4.78 is 0. The van der Waals surface area contributed by atoms with Crippen LogP contribution in [-0.4, -0.2) is 25.5 Å². The van der Waals surface area contributed by atoms with E-state index in [9.17, 15) is 25.5 Å². The molecule has 5 aromatic rings. The highest BCUT2D eigenvalue weighted by atomic mass is 16.3. The second-order valence-electron chi connectivity index (χ2n) is 10.0. The summed E-state index contributed by atoms with van der Waals surface area (Å²) in [5.74, 6) is 1.14. The van der Waals surface area contributed by atoms with Crippen LogP contribution in [0.3, 0.4) is 0 Å². The second-order valence-corrected chi connectivity index (χ2v) is 10.0. The molecule has 0 heterocycles. The molecule has 0 bridgehead atoms. The van der Waals surface area contributed by atoms with Gasteiger partial charge in [-0.05, 0) is 90.0 Å². The van der Waals surface area contributed by atoms with Gasteiger partial charge in [-0.2, -0.15) is 0 Å². The van der Waals surface area contributed by atoms with Crippen LogP contribution in [0.2, 0.25) is 0 Å². The van der Waals surface area contributed by atoms with Gasteiger partial charge in [-0.15, -0.1) is 0 Å². The number of rotatable bonds is 5. The molecule has 40 heavy (non-hydrogen) atoms. The third kappa shape index (κ3) is 6.56. The Bertz CT molecular complexity index is 1570. The van der Waals surface area contributed by atoms with Gasteiger partial charge >= 0.3 is 0 Å². The Morgan fingerprint density at radius 1 is 0.475 bits per heavy atom. The van der Waals surface area contributed by atoms with Gasteiger partial charge in [0.1, 0.15) is 28.7 Å². The average Bonchev–Trinajstić information content (AvgIpc) is 2.93. The number of hydrogen-bond donors (Lipinski definition) is 5. The van der Waals surface area contributed by atoms with Crippen LogP contribution in [0, 0.1) is 20.8 Å². The zero-order valence-electron chi connectivity index (χ0n) is 22.8. The Hall–Kier alpha value is -4.90. The van der Waals surface area contributed by atoms with Crippen LogP contribution in [-0.2, 0) is 6.42 Å². The maximum atomic E-state index is 10.4. The van der Waals surface area contributed by atoms with E-state index >= 15 is 0 Å². The van der Waals surface area contributed by atoms with Crippen LogP contribution >= 0.6 is 0 Å². The molecule has 0 aliphatic carbocycles. The molecule has 5 N–H and O–H groups in total. The Balaban J connectivity index is 0.000000201. The average molecular weight is 535 g/mol. The van der Waals surface area contributed by atoms with E-state index in [1.807, 2.05) is 81.4 Å². The van der Waals surface area contributed by atoms with Crippen molar-refractivity contribution in [3.63, 3.8) is 0 Å². The minimum absolute atomic E-state index is 0.190. The van der Waals surface area contributed by atoms with E-state index in [1.54, 1.807) is 42.5 Å². The first-order chi connectivity index (χ1) is 19.1. The summed E-state index contributed by atoms with van der Waals surface area (Å²) in [5, 5.41) is 49.1. The summed E-state index contributed by atoms with van der Waals surface area (Å²) in [4.78, 5) is 0. The van der Waals surface area contributed by atoms with Crippen molar-refractivity contribution >= 4 is 0 Å². The lowest BCUT2D eigenvalue weighted by Gasteiger charge is -2.21. The highest BCUT2D eigenvalue weighted by Crippen LogP contribution is 2.39. The van der Waals surface area contributed by atoms with Gasteiger partial charge < -0.3 is 25.5 Å². The molecular weight excluding hydrogens is 500 g/mol. The molecule has 5 heteroatoms. The largest absolute Gasteiger partial charge is 0.508 e. The zero-order chi connectivity index (χ0) is 28.8. The van der Waals surface area contributed by atoms with E-state index in [4.69, 9.17) is 0 Å². The monoisotopic (exact) mass is 534 g/mol. The molecule has 5 aromatic carbocycles. The third-order valence-corrected chi connectivity index (χ3v) is 7.00. The summed E-state index contributed by atoms with van der Waals surface area (Å²) in [6.07, 6.45) is 0.674. The van der Waals surface area contributed by atoms with Gasteiger partial charge in [0, 0.05) is 17.9 Å². The van der Waals surface area contributed by atoms with Gasteiger partial charge in [-0.3, -0.25) is 0 Å². The fourth-order valence-corrected chi connectivity index (χ4v) is 4.71. The van der Waals surface area contributed by atoms with Crippen molar-refractivity contribution in [3.05, 3.63) is 148 Å². The Morgan fingerprint density at radius 3 is 1.45 bits per heavy atom. The van der Waals surface area contributed by atoms with Crippen LogP contribution < -0.4 is 0 Å². The molecular formula is C35H34O5. The van der Waals surface area contributed by atoms with Crippen molar-refractivity contribution < 1.29 is 25.5 Å². The topological polar surface area (TPSA) is 101 Å². The summed E-state index contributed by atoms with van der Waals surface area (Å²) in [7, 11) is 0. The first-order valence-corrected chi connectivity index (χ1v) is 13.1. The number of hydrogen-bond acceptors (Lipinski definition) is 5. The molecule has 0 spiro atoms. The first-order valence-electron chi connectivity index (χ1n) is 13.1. The van der Waals surface area contributed by atoms with E-state index in [2.05, 4.69) is 0 Å². The van der Waals surface area contributed by atoms with Crippen molar-refractivity contribution in [1.29, 1.82) is 0 Å². The van der Waals surface area contributed by atoms with E-state index in [1.165, 1.54) is 0 Å². The SMILES string of the molecule is Cc1cc(C(c2ccc(O)c(C)c2)c2ccccc2O)ccc1O.Cc1cc(Cc2ccccc2O)ccc1O. The molecule has 0 atom stereocenters. The van der Waals surface area contributed by atoms with Crippen LogP contribution in [0.5, 0.6) is 28.7 Å². The van der Waals surface area contributed by atoms with Crippen molar-refractivity contribution in [2.24, 2.45) is 0 Å². The van der Waals surface area contributed by atoms with E-state index in [-0.39, 0.29) is 23.2 Å². The Kier molecular flexibility index (Phi) is 8.65. The molecule has 0 saturated carbocycles. The molecule has 0 radical (unpaired) electrons. The quantitative estimate of drug-likeness (QED) is 0.150. The summed E-state index contributed by atoms with van der Waals surface area (Å²) in [5.41, 5.74) is 7.12. The molecule has 204 valence electrons. The number of phenols is 5. The van der Waals surface area contributed by atoms with Crippen molar-refractivity contribution in [2.75, 3.05) is 0 Å². The number of para-hydroxylation sites is 2. The maximum Gasteiger partial charge on any atom is 0.119 e. The molecule has 0 saturated heterocycles. The molecule has 0 aliphatic rings. The molecule has 5 nitrogen and oxygen atoms in total. The Morgan fingerprint density at radius 2 is 0.950 bits per heavy atom.